The van der Waals surface area contributed by atoms with Crippen LogP contribution in [0.4, 0.5) is 0 Å². The van der Waals surface area contributed by atoms with E-state index in [1.54, 1.807) is 7.05 Å². The summed E-state index contributed by atoms with van der Waals surface area (Å²) in [6.07, 6.45) is 3.71. The monoisotopic (exact) mass is 139 g/mol. The first-order valence-corrected chi connectivity index (χ1v) is 4.03. The number of rotatable bonds is 1. The maximum absolute atomic E-state index is 11.1. The summed E-state index contributed by atoms with van der Waals surface area (Å²) in [5.41, 5.74) is 0. The van der Waals surface area contributed by atoms with Crippen LogP contribution in [0.3, 0.4) is 0 Å². The molecule has 0 spiro atoms. The Labute approximate surface area is 61.0 Å². The molecule has 2 atom stereocenters. The van der Waals surface area contributed by atoms with E-state index >= 15 is 0 Å². The quantitative estimate of drug-likeness (QED) is 0.571. The lowest BCUT2D eigenvalue weighted by Gasteiger charge is -2.08. The van der Waals surface area contributed by atoms with Gasteiger partial charge in [-0.15, -0.1) is 0 Å². The Kier molecular flexibility index (Phi) is 1.22. The largest absolute Gasteiger partial charge is 0.359 e. The molecule has 2 saturated carbocycles. The van der Waals surface area contributed by atoms with Gasteiger partial charge in [0, 0.05) is 13.0 Å². The second kappa shape index (κ2) is 1.97. The van der Waals surface area contributed by atoms with E-state index in [1.807, 2.05) is 0 Å². The van der Waals surface area contributed by atoms with E-state index in [0.717, 1.165) is 24.7 Å². The van der Waals surface area contributed by atoms with E-state index in [2.05, 4.69) is 5.32 Å². The zero-order valence-corrected chi connectivity index (χ0v) is 6.26. The van der Waals surface area contributed by atoms with Gasteiger partial charge in [0.1, 0.15) is 0 Å². The molecule has 0 heterocycles. The van der Waals surface area contributed by atoms with Gasteiger partial charge in [0.25, 0.3) is 0 Å². The highest BCUT2D eigenvalue weighted by molar-refractivity contribution is 5.78. The molecule has 2 unspecified atom stereocenters. The van der Waals surface area contributed by atoms with Gasteiger partial charge in [-0.25, -0.2) is 0 Å². The van der Waals surface area contributed by atoms with Gasteiger partial charge >= 0.3 is 0 Å². The fourth-order valence-corrected chi connectivity index (χ4v) is 2.13. The Bertz CT molecular complexity index is 157. The summed E-state index contributed by atoms with van der Waals surface area (Å²) in [4.78, 5) is 11.1. The van der Waals surface area contributed by atoms with E-state index < -0.39 is 0 Å². The van der Waals surface area contributed by atoms with E-state index in [4.69, 9.17) is 0 Å². The molecule has 2 nitrogen and oxygen atoms in total. The van der Waals surface area contributed by atoms with Crippen molar-refractivity contribution in [3.05, 3.63) is 0 Å². The van der Waals surface area contributed by atoms with Crippen LogP contribution in [0.15, 0.2) is 0 Å². The highest BCUT2D eigenvalue weighted by Crippen LogP contribution is 2.54. The summed E-state index contributed by atoms with van der Waals surface area (Å²) < 4.78 is 0. The lowest BCUT2D eigenvalue weighted by molar-refractivity contribution is -0.124. The molecule has 56 valence electrons. The van der Waals surface area contributed by atoms with Crippen LogP contribution in [-0.4, -0.2) is 13.0 Å². The number of carbonyl (C=O) groups excluding carboxylic acids is 1. The van der Waals surface area contributed by atoms with Gasteiger partial charge in [0.2, 0.25) is 5.91 Å². The lowest BCUT2D eigenvalue weighted by atomic mass is 10.0. The van der Waals surface area contributed by atoms with E-state index in [-0.39, 0.29) is 5.91 Å². The van der Waals surface area contributed by atoms with Crippen molar-refractivity contribution in [1.29, 1.82) is 0 Å². The second-order valence-electron chi connectivity index (χ2n) is 3.54. The maximum Gasteiger partial charge on any atom is 0.222 e. The molecule has 1 N–H and O–H groups in total. The van der Waals surface area contributed by atoms with Gasteiger partial charge in [-0.05, 0) is 31.1 Å². The first kappa shape index (κ1) is 6.20. The smallest absolute Gasteiger partial charge is 0.222 e. The molecule has 0 bridgehead atoms. The van der Waals surface area contributed by atoms with Gasteiger partial charge in [-0.2, -0.15) is 0 Å². The molecular formula is C8H13NO. The third-order valence-corrected chi connectivity index (χ3v) is 2.86. The van der Waals surface area contributed by atoms with Crippen LogP contribution in [0.5, 0.6) is 0 Å². The summed E-state index contributed by atoms with van der Waals surface area (Å²) >= 11 is 0. The minimum Gasteiger partial charge on any atom is -0.359 e. The second-order valence-corrected chi connectivity index (χ2v) is 3.54. The van der Waals surface area contributed by atoms with Crippen molar-refractivity contribution < 1.29 is 4.79 Å². The minimum atomic E-state index is 0.257. The third-order valence-electron chi connectivity index (χ3n) is 2.86. The van der Waals surface area contributed by atoms with Crippen LogP contribution in [0, 0.1) is 17.8 Å². The van der Waals surface area contributed by atoms with Crippen LogP contribution < -0.4 is 5.32 Å². The van der Waals surface area contributed by atoms with Crippen molar-refractivity contribution in [2.75, 3.05) is 7.05 Å². The zero-order chi connectivity index (χ0) is 7.14. The molecule has 2 fully saturated rings. The van der Waals surface area contributed by atoms with E-state index in [1.165, 1.54) is 6.42 Å². The number of fused-ring (bicyclic) bond motifs is 1. The van der Waals surface area contributed by atoms with E-state index in [0.29, 0.717) is 5.92 Å². The van der Waals surface area contributed by atoms with Crippen LogP contribution in [-0.2, 0) is 4.79 Å². The molecule has 2 aliphatic carbocycles. The van der Waals surface area contributed by atoms with Crippen LogP contribution in [0.25, 0.3) is 0 Å². The average Bonchev–Trinajstić information content (AvgIpc) is 2.57. The fraction of sp³-hybridized carbons (Fsp3) is 0.875. The fourth-order valence-electron chi connectivity index (χ4n) is 2.13. The standard InChI is InChI=1S/C8H13NO/c1-9-8(10)7-3-5-2-6(5)4-7/h5-7H,2-4H2,1H3,(H,9,10). The Balaban J connectivity index is 1.90. The molecule has 10 heavy (non-hydrogen) atoms. The molecular weight excluding hydrogens is 126 g/mol. The van der Waals surface area contributed by atoms with Gasteiger partial charge in [0.05, 0.1) is 0 Å². The Morgan fingerprint density at radius 1 is 1.30 bits per heavy atom. The minimum absolute atomic E-state index is 0.257. The van der Waals surface area contributed by atoms with Crippen molar-refractivity contribution in [3.63, 3.8) is 0 Å². The van der Waals surface area contributed by atoms with Crippen molar-refractivity contribution in [2.45, 2.75) is 19.3 Å². The highest BCUT2D eigenvalue weighted by Gasteiger charge is 2.47. The van der Waals surface area contributed by atoms with Crippen LogP contribution >= 0.6 is 0 Å². The van der Waals surface area contributed by atoms with Gasteiger partial charge in [0.15, 0.2) is 0 Å². The molecule has 2 heteroatoms. The summed E-state index contributed by atoms with van der Waals surface area (Å²) in [6.45, 7) is 0. The number of carbonyl (C=O) groups is 1. The Morgan fingerprint density at radius 2 is 1.90 bits per heavy atom. The molecule has 0 saturated heterocycles. The molecule has 0 radical (unpaired) electrons. The molecule has 0 aromatic carbocycles. The first-order chi connectivity index (χ1) is 4.81. The normalized spacial score (nSPS) is 42.7. The van der Waals surface area contributed by atoms with E-state index in [9.17, 15) is 4.79 Å². The average molecular weight is 139 g/mol. The summed E-state index contributed by atoms with van der Waals surface area (Å²) in [6, 6.07) is 0. The van der Waals surface area contributed by atoms with Crippen LogP contribution in [0.2, 0.25) is 0 Å². The van der Waals surface area contributed by atoms with Crippen molar-refractivity contribution in [2.24, 2.45) is 17.8 Å². The lowest BCUT2D eigenvalue weighted by Crippen LogP contribution is -2.26. The van der Waals surface area contributed by atoms with Gasteiger partial charge in [-0.1, -0.05) is 0 Å². The molecule has 1 amide bonds. The predicted octanol–water partition coefficient (Wildman–Crippen LogP) is 0.778. The summed E-state index contributed by atoms with van der Waals surface area (Å²) in [7, 11) is 1.73. The third kappa shape index (κ3) is 0.825. The number of nitrogens with one attached hydrogen (secondary N) is 1. The molecule has 2 rings (SSSR count). The predicted molar refractivity (Wildman–Crippen MR) is 38.4 cm³/mol. The highest BCUT2D eigenvalue weighted by atomic mass is 16.1. The SMILES string of the molecule is CNC(=O)C1CC2CC2C1. The molecule has 0 aromatic heterocycles. The summed E-state index contributed by atoms with van der Waals surface area (Å²) in [5.74, 6) is 2.45. The maximum atomic E-state index is 11.1. The first-order valence-electron chi connectivity index (χ1n) is 4.03. The number of hydrogen-bond donors (Lipinski definition) is 1. The van der Waals surface area contributed by atoms with Crippen molar-refractivity contribution in [3.8, 4) is 0 Å². The zero-order valence-electron chi connectivity index (χ0n) is 6.26. The Hall–Kier alpha value is -0.530. The van der Waals surface area contributed by atoms with Crippen LogP contribution in [0.1, 0.15) is 19.3 Å². The molecule has 0 aromatic rings. The Morgan fingerprint density at radius 3 is 2.40 bits per heavy atom. The van der Waals surface area contributed by atoms with Gasteiger partial charge in [-0.3, -0.25) is 4.79 Å². The van der Waals surface area contributed by atoms with Gasteiger partial charge < -0.3 is 5.32 Å². The topological polar surface area (TPSA) is 29.1 Å². The van der Waals surface area contributed by atoms with Crippen molar-refractivity contribution in [1.82, 2.24) is 5.32 Å². The van der Waals surface area contributed by atoms with Crippen molar-refractivity contribution >= 4 is 5.91 Å². The molecule has 2 aliphatic rings. The summed E-state index contributed by atoms with van der Waals surface area (Å²) in [5, 5.41) is 2.71. The number of amides is 1. The number of hydrogen-bond acceptors (Lipinski definition) is 1. The molecule has 0 aliphatic heterocycles.